The number of pyridine rings is 1. The minimum Gasteiger partial charge on any atom is -0.456 e. The van der Waals surface area contributed by atoms with Crippen molar-refractivity contribution in [1.82, 2.24) is 19.9 Å². The Kier molecular flexibility index (Phi) is 7.21. The molecule has 3 heterocycles. The molecule has 0 saturated heterocycles. The molecule has 232 valence electrons. The summed E-state index contributed by atoms with van der Waals surface area (Å²) in [5.74, 6) is 1.74. The van der Waals surface area contributed by atoms with Crippen molar-refractivity contribution in [2.75, 3.05) is 0 Å². The van der Waals surface area contributed by atoms with Gasteiger partial charge < -0.3 is 4.42 Å². The Bertz CT molecular complexity index is 2530. The predicted molar refractivity (Wildman–Crippen MR) is 198 cm³/mol. The molecule has 5 heteroatoms. The van der Waals surface area contributed by atoms with Crippen LogP contribution in [0.2, 0.25) is 0 Å². The molecule has 8 aromatic rings. The van der Waals surface area contributed by atoms with Crippen molar-refractivity contribution in [3.05, 3.63) is 163 Å². The second-order valence-electron chi connectivity index (χ2n) is 12.2. The molecule has 0 saturated carbocycles. The number of allylic oxidation sites excluding steroid dienone is 4. The zero-order chi connectivity index (χ0) is 32.6. The lowest BCUT2D eigenvalue weighted by molar-refractivity contribution is 0.669. The molecule has 0 N–H and O–H groups in total. The number of aromatic nitrogens is 4. The highest BCUT2D eigenvalue weighted by Crippen LogP contribution is 2.35. The van der Waals surface area contributed by atoms with E-state index in [1.54, 1.807) is 6.20 Å². The highest BCUT2D eigenvalue weighted by atomic mass is 16.3. The van der Waals surface area contributed by atoms with Crippen molar-refractivity contribution in [2.24, 2.45) is 0 Å². The fourth-order valence-corrected chi connectivity index (χ4v) is 6.54. The fourth-order valence-electron chi connectivity index (χ4n) is 6.54. The highest BCUT2D eigenvalue weighted by molar-refractivity contribution is 6.06. The summed E-state index contributed by atoms with van der Waals surface area (Å²) in [6.07, 6.45) is 10.4. The van der Waals surface area contributed by atoms with E-state index in [1.165, 1.54) is 11.1 Å². The molecule has 0 amide bonds. The molecular weight excluding hydrogens is 601 g/mol. The molecule has 0 bridgehead atoms. The smallest absolute Gasteiger partial charge is 0.182 e. The van der Waals surface area contributed by atoms with Gasteiger partial charge in [0.15, 0.2) is 17.5 Å². The van der Waals surface area contributed by atoms with Gasteiger partial charge in [-0.25, -0.2) is 15.0 Å². The zero-order valence-corrected chi connectivity index (χ0v) is 26.6. The molecule has 0 radical (unpaired) electrons. The van der Waals surface area contributed by atoms with Crippen LogP contribution in [0.1, 0.15) is 18.4 Å². The topological polar surface area (TPSA) is 64.7 Å². The van der Waals surface area contributed by atoms with Crippen molar-refractivity contribution in [3.63, 3.8) is 0 Å². The maximum atomic E-state index is 6.06. The van der Waals surface area contributed by atoms with Crippen LogP contribution in [-0.4, -0.2) is 19.9 Å². The standard InChI is InChI=1S/C44H30N4O/c1-3-11-29(12-4-1)34-25-35(30-13-5-2-6-14-30)27-36(26-34)43-46-42(47-44(48-43)39-16-9-10-24-45-39)32-20-18-31(19-21-32)33-22-23-41-38(28-33)37-15-7-8-17-40(37)49-41/h1-5,7-13,15-28H,6,14H2. The molecule has 3 aromatic heterocycles. The van der Waals surface area contributed by atoms with Gasteiger partial charge in [0, 0.05) is 28.1 Å². The summed E-state index contributed by atoms with van der Waals surface area (Å²) in [5, 5.41) is 2.22. The normalized spacial score (nSPS) is 12.8. The van der Waals surface area contributed by atoms with E-state index in [-0.39, 0.29) is 0 Å². The molecule has 0 aliphatic heterocycles. The molecule has 9 rings (SSSR count). The summed E-state index contributed by atoms with van der Waals surface area (Å²) in [7, 11) is 0. The van der Waals surface area contributed by atoms with Crippen LogP contribution in [0.5, 0.6) is 0 Å². The Morgan fingerprint density at radius 3 is 1.96 bits per heavy atom. The van der Waals surface area contributed by atoms with Gasteiger partial charge in [0.1, 0.15) is 16.9 Å². The lowest BCUT2D eigenvalue weighted by atomic mass is 9.92. The monoisotopic (exact) mass is 630 g/mol. The predicted octanol–water partition coefficient (Wildman–Crippen LogP) is 11.2. The molecule has 5 aromatic carbocycles. The molecule has 0 unspecified atom stereocenters. The number of hydrogen-bond acceptors (Lipinski definition) is 5. The van der Waals surface area contributed by atoms with Crippen molar-refractivity contribution in [1.29, 1.82) is 0 Å². The lowest BCUT2D eigenvalue weighted by Gasteiger charge is -2.15. The van der Waals surface area contributed by atoms with E-state index in [4.69, 9.17) is 19.4 Å². The first-order chi connectivity index (χ1) is 24.2. The van der Waals surface area contributed by atoms with Crippen LogP contribution < -0.4 is 0 Å². The van der Waals surface area contributed by atoms with Crippen molar-refractivity contribution < 1.29 is 4.42 Å². The van der Waals surface area contributed by atoms with E-state index in [0.717, 1.165) is 68.2 Å². The maximum Gasteiger partial charge on any atom is 0.182 e. The second-order valence-corrected chi connectivity index (χ2v) is 12.2. The van der Waals surface area contributed by atoms with E-state index < -0.39 is 0 Å². The molecule has 0 spiro atoms. The molecular formula is C44H30N4O. The summed E-state index contributed by atoms with van der Waals surface area (Å²) < 4.78 is 6.06. The minimum atomic E-state index is 0.536. The van der Waals surface area contributed by atoms with Gasteiger partial charge in [0.25, 0.3) is 0 Å². The Morgan fingerprint density at radius 2 is 1.14 bits per heavy atom. The summed E-state index contributed by atoms with van der Waals surface area (Å²) in [6.45, 7) is 0. The van der Waals surface area contributed by atoms with Crippen molar-refractivity contribution in [3.8, 4) is 56.5 Å². The Balaban J connectivity index is 1.16. The third-order valence-electron chi connectivity index (χ3n) is 9.07. The van der Waals surface area contributed by atoms with Gasteiger partial charge in [-0.15, -0.1) is 0 Å². The van der Waals surface area contributed by atoms with Gasteiger partial charge >= 0.3 is 0 Å². The van der Waals surface area contributed by atoms with Crippen LogP contribution in [0.4, 0.5) is 0 Å². The first-order valence-corrected chi connectivity index (χ1v) is 16.5. The van der Waals surface area contributed by atoms with Crippen LogP contribution in [-0.2, 0) is 0 Å². The molecule has 0 fully saturated rings. The van der Waals surface area contributed by atoms with E-state index in [2.05, 4.69) is 108 Å². The second kappa shape index (κ2) is 12.3. The third-order valence-corrected chi connectivity index (χ3v) is 9.07. The van der Waals surface area contributed by atoms with Crippen LogP contribution in [0.15, 0.2) is 162 Å². The van der Waals surface area contributed by atoms with Gasteiger partial charge in [-0.2, -0.15) is 0 Å². The highest BCUT2D eigenvalue weighted by Gasteiger charge is 2.16. The van der Waals surface area contributed by atoms with E-state index in [1.807, 2.05) is 48.5 Å². The summed E-state index contributed by atoms with van der Waals surface area (Å²) in [5.41, 5.74) is 11.3. The Hall–Kier alpha value is -6.46. The number of furan rings is 1. The van der Waals surface area contributed by atoms with Gasteiger partial charge in [0.05, 0.1) is 0 Å². The van der Waals surface area contributed by atoms with Crippen molar-refractivity contribution >= 4 is 27.5 Å². The average Bonchev–Trinajstić information content (AvgIpc) is 3.57. The van der Waals surface area contributed by atoms with E-state index >= 15 is 0 Å². The van der Waals surface area contributed by atoms with Gasteiger partial charge in [0.2, 0.25) is 0 Å². The van der Waals surface area contributed by atoms with Crippen LogP contribution in [0, 0.1) is 0 Å². The molecule has 49 heavy (non-hydrogen) atoms. The van der Waals surface area contributed by atoms with E-state index in [0.29, 0.717) is 23.2 Å². The SMILES string of the molecule is C1=CCCC(c2cc(-c3ccccc3)cc(-c3nc(-c4ccc(-c5ccc6oc7ccccc7c6c5)cc4)nc(-c4ccccn4)n3)c2)=C1. The number of fused-ring (bicyclic) bond motifs is 3. The summed E-state index contributed by atoms with van der Waals surface area (Å²) in [6, 6.07) is 45.9. The van der Waals surface area contributed by atoms with Gasteiger partial charge in [-0.3, -0.25) is 4.98 Å². The first-order valence-electron chi connectivity index (χ1n) is 16.5. The quantitative estimate of drug-likeness (QED) is 0.183. The average molecular weight is 631 g/mol. The number of rotatable bonds is 6. The van der Waals surface area contributed by atoms with Crippen LogP contribution >= 0.6 is 0 Å². The third kappa shape index (κ3) is 5.62. The maximum absolute atomic E-state index is 6.06. The van der Waals surface area contributed by atoms with Crippen LogP contribution in [0.25, 0.3) is 84.1 Å². The fraction of sp³-hybridized carbons (Fsp3) is 0.0455. The Labute approximate surface area is 284 Å². The molecule has 1 aliphatic carbocycles. The zero-order valence-electron chi connectivity index (χ0n) is 26.6. The molecule has 1 aliphatic rings. The number of nitrogens with zero attached hydrogens (tertiary/aromatic N) is 4. The van der Waals surface area contributed by atoms with E-state index in [9.17, 15) is 0 Å². The van der Waals surface area contributed by atoms with Crippen molar-refractivity contribution in [2.45, 2.75) is 12.8 Å². The minimum absolute atomic E-state index is 0.536. The molecule has 0 atom stereocenters. The largest absolute Gasteiger partial charge is 0.456 e. The Morgan fingerprint density at radius 1 is 0.469 bits per heavy atom. The molecule has 5 nitrogen and oxygen atoms in total. The van der Waals surface area contributed by atoms with Crippen LogP contribution in [0.3, 0.4) is 0 Å². The van der Waals surface area contributed by atoms with Gasteiger partial charge in [-0.05, 0) is 94.8 Å². The summed E-state index contributed by atoms with van der Waals surface area (Å²) >= 11 is 0. The van der Waals surface area contributed by atoms with Gasteiger partial charge in [-0.1, -0.05) is 103 Å². The summed E-state index contributed by atoms with van der Waals surface area (Å²) in [4.78, 5) is 19.6. The first kappa shape index (κ1) is 28.7. The number of benzene rings is 5. The number of hydrogen-bond donors (Lipinski definition) is 0. The lowest BCUT2D eigenvalue weighted by Crippen LogP contribution is -2.02. The number of para-hydroxylation sites is 1.